The van der Waals surface area contributed by atoms with Crippen LogP contribution in [0.2, 0.25) is 0 Å². The molecule has 4 nitrogen and oxygen atoms in total. The second-order valence-corrected chi connectivity index (χ2v) is 10.1. The summed E-state index contributed by atoms with van der Waals surface area (Å²) in [7, 11) is -3.72. The molecule has 2 aliphatic rings. The van der Waals surface area contributed by atoms with Crippen LogP contribution < -0.4 is 0 Å². The first-order chi connectivity index (χ1) is 13.4. The van der Waals surface area contributed by atoms with Crippen LogP contribution >= 0.6 is 0 Å². The zero-order valence-electron chi connectivity index (χ0n) is 16.8. The minimum absolute atomic E-state index is 0.0443. The fourth-order valence-corrected chi connectivity index (χ4v) is 5.39. The Bertz CT molecular complexity index is 688. The maximum absolute atomic E-state index is 13.3. The Morgan fingerprint density at radius 2 is 1.46 bits per heavy atom. The van der Waals surface area contributed by atoms with E-state index in [1.807, 2.05) is 6.92 Å². The lowest BCUT2D eigenvalue weighted by Crippen LogP contribution is -2.26. The molecule has 158 valence electrons. The summed E-state index contributed by atoms with van der Waals surface area (Å²) in [5.41, 5.74) is 1.01. The van der Waals surface area contributed by atoms with Gasteiger partial charge in [-0.3, -0.25) is 4.18 Å². The average Bonchev–Trinajstić information content (AvgIpc) is 2.69. The van der Waals surface area contributed by atoms with E-state index in [4.69, 9.17) is 8.92 Å². The molecule has 28 heavy (non-hydrogen) atoms. The first kappa shape index (κ1) is 21.7. The number of halogens is 1. The molecule has 0 spiro atoms. The molecular formula is C22H33FO4S. The van der Waals surface area contributed by atoms with E-state index in [0.717, 1.165) is 62.8 Å². The highest BCUT2D eigenvalue weighted by Gasteiger charge is 2.27. The van der Waals surface area contributed by atoms with Gasteiger partial charge in [-0.25, -0.2) is 4.39 Å². The molecule has 0 heterocycles. The van der Waals surface area contributed by atoms with Gasteiger partial charge in [0.2, 0.25) is 0 Å². The normalized spacial score (nSPS) is 28.9. The summed E-state index contributed by atoms with van der Waals surface area (Å²) < 4.78 is 48.5. The van der Waals surface area contributed by atoms with Crippen molar-refractivity contribution in [3.8, 4) is 0 Å². The van der Waals surface area contributed by atoms with Crippen molar-refractivity contribution in [1.82, 2.24) is 0 Å². The Morgan fingerprint density at radius 1 is 0.893 bits per heavy atom. The maximum Gasteiger partial charge on any atom is 0.297 e. The van der Waals surface area contributed by atoms with E-state index in [2.05, 4.69) is 0 Å². The monoisotopic (exact) mass is 412 g/mol. The molecular weight excluding hydrogens is 379 g/mol. The summed E-state index contributed by atoms with van der Waals surface area (Å²) in [6.07, 6.45) is 8.80. The molecule has 2 saturated carbocycles. The van der Waals surface area contributed by atoms with Crippen LogP contribution in [0.3, 0.4) is 0 Å². The molecule has 1 aromatic rings. The van der Waals surface area contributed by atoms with Gasteiger partial charge in [-0.05, 0) is 88.7 Å². The first-order valence-corrected chi connectivity index (χ1v) is 12.0. The topological polar surface area (TPSA) is 52.6 Å². The molecule has 0 atom stereocenters. The van der Waals surface area contributed by atoms with E-state index >= 15 is 0 Å². The van der Waals surface area contributed by atoms with E-state index in [1.54, 1.807) is 24.3 Å². The average molecular weight is 413 g/mol. The largest absolute Gasteiger partial charge is 0.376 e. The summed E-state index contributed by atoms with van der Waals surface area (Å²) >= 11 is 0. The fraction of sp³-hybridized carbons (Fsp3) is 0.727. The highest BCUT2D eigenvalue weighted by molar-refractivity contribution is 7.86. The van der Waals surface area contributed by atoms with Crippen molar-refractivity contribution in [1.29, 1.82) is 0 Å². The van der Waals surface area contributed by atoms with Crippen LogP contribution in [0.25, 0.3) is 0 Å². The molecule has 0 bridgehead atoms. The lowest BCUT2D eigenvalue weighted by atomic mass is 9.77. The highest BCUT2D eigenvalue weighted by Crippen LogP contribution is 2.36. The molecule has 1 aromatic carbocycles. The second kappa shape index (κ2) is 10.2. The summed E-state index contributed by atoms with van der Waals surface area (Å²) in [5, 5.41) is 0. The predicted octanol–water partition coefficient (Wildman–Crippen LogP) is 5.19. The Kier molecular flexibility index (Phi) is 7.89. The van der Waals surface area contributed by atoms with E-state index < -0.39 is 16.3 Å². The molecule has 2 fully saturated rings. The van der Waals surface area contributed by atoms with E-state index in [9.17, 15) is 12.8 Å². The summed E-state index contributed by atoms with van der Waals surface area (Å²) in [6, 6.07) is 6.64. The Labute approximate surface area is 168 Å². The minimum Gasteiger partial charge on any atom is -0.376 e. The van der Waals surface area contributed by atoms with Gasteiger partial charge in [-0.1, -0.05) is 17.7 Å². The predicted molar refractivity (Wildman–Crippen MR) is 107 cm³/mol. The molecule has 0 saturated heterocycles. The smallest absolute Gasteiger partial charge is 0.297 e. The summed E-state index contributed by atoms with van der Waals surface area (Å²) in [6.45, 7) is 2.25. The fourth-order valence-electron chi connectivity index (χ4n) is 4.49. The Hall–Kier alpha value is -0.980. The van der Waals surface area contributed by atoms with Crippen molar-refractivity contribution in [2.45, 2.75) is 81.9 Å². The summed E-state index contributed by atoms with van der Waals surface area (Å²) in [5.74, 6) is 1.44. The van der Waals surface area contributed by atoms with E-state index in [1.165, 1.54) is 6.42 Å². The molecule has 0 aromatic heterocycles. The molecule has 0 radical (unpaired) electrons. The Balaban J connectivity index is 1.31. The van der Waals surface area contributed by atoms with Gasteiger partial charge in [0.05, 0.1) is 24.2 Å². The zero-order chi connectivity index (χ0) is 20.0. The van der Waals surface area contributed by atoms with Crippen molar-refractivity contribution in [2.24, 2.45) is 11.8 Å². The molecule has 3 rings (SSSR count). The molecule has 0 N–H and O–H groups in total. The second-order valence-electron chi connectivity index (χ2n) is 8.46. The molecule has 2 aliphatic carbocycles. The van der Waals surface area contributed by atoms with Gasteiger partial charge in [0, 0.05) is 0 Å². The molecule has 0 unspecified atom stereocenters. The zero-order valence-corrected chi connectivity index (χ0v) is 17.6. The lowest BCUT2D eigenvalue weighted by Gasteiger charge is -2.32. The maximum atomic E-state index is 13.3. The van der Waals surface area contributed by atoms with Gasteiger partial charge < -0.3 is 4.74 Å². The van der Waals surface area contributed by atoms with Crippen LogP contribution in [0.5, 0.6) is 0 Å². The van der Waals surface area contributed by atoms with E-state index in [-0.39, 0.29) is 17.6 Å². The van der Waals surface area contributed by atoms with Gasteiger partial charge in [0.1, 0.15) is 6.17 Å². The standard InChI is InChI=1S/C22H33FO4S/c1-17-2-12-22(13-3-17)28(24,25)27-15-14-26-21-10-6-19(7-11-21)16-18-4-8-20(23)9-5-18/h2-3,12-13,18-21H,4-11,14-16H2,1H3. The van der Waals surface area contributed by atoms with Gasteiger partial charge in [0.15, 0.2) is 0 Å². The molecule has 0 aliphatic heterocycles. The number of benzene rings is 1. The van der Waals surface area contributed by atoms with Crippen LogP contribution in [-0.2, 0) is 19.0 Å². The van der Waals surface area contributed by atoms with Crippen molar-refractivity contribution < 1.29 is 21.7 Å². The van der Waals surface area contributed by atoms with Crippen LogP contribution in [0.1, 0.15) is 63.4 Å². The number of aryl methyl sites for hydroxylation is 1. The number of hydrogen-bond donors (Lipinski definition) is 0. The molecule has 0 amide bonds. The van der Waals surface area contributed by atoms with Crippen LogP contribution in [0.4, 0.5) is 4.39 Å². The first-order valence-electron chi connectivity index (χ1n) is 10.6. The van der Waals surface area contributed by atoms with Gasteiger partial charge >= 0.3 is 0 Å². The quantitative estimate of drug-likeness (QED) is 0.435. The Morgan fingerprint density at radius 3 is 2.07 bits per heavy atom. The van der Waals surface area contributed by atoms with Gasteiger partial charge in [-0.2, -0.15) is 8.42 Å². The summed E-state index contributed by atoms with van der Waals surface area (Å²) in [4.78, 5) is 0.181. The SMILES string of the molecule is Cc1ccc(S(=O)(=O)OCCOC2CCC(CC3CCC(F)CC3)CC2)cc1. The van der Waals surface area contributed by atoms with Crippen LogP contribution in [-0.4, -0.2) is 33.9 Å². The van der Waals surface area contributed by atoms with Gasteiger partial charge in [0.25, 0.3) is 10.1 Å². The number of rotatable bonds is 8. The minimum atomic E-state index is -3.72. The number of alkyl halides is 1. The third kappa shape index (κ3) is 6.53. The van der Waals surface area contributed by atoms with Crippen molar-refractivity contribution in [3.63, 3.8) is 0 Å². The number of ether oxygens (including phenoxy) is 1. The lowest BCUT2D eigenvalue weighted by molar-refractivity contribution is 0.00204. The highest BCUT2D eigenvalue weighted by atomic mass is 32.2. The van der Waals surface area contributed by atoms with Crippen molar-refractivity contribution >= 4 is 10.1 Å². The van der Waals surface area contributed by atoms with Crippen LogP contribution in [0.15, 0.2) is 29.2 Å². The van der Waals surface area contributed by atoms with E-state index in [0.29, 0.717) is 12.5 Å². The third-order valence-electron chi connectivity index (χ3n) is 6.22. The van der Waals surface area contributed by atoms with Crippen LogP contribution in [0, 0.1) is 18.8 Å². The van der Waals surface area contributed by atoms with Crippen molar-refractivity contribution in [2.75, 3.05) is 13.2 Å². The van der Waals surface area contributed by atoms with Gasteiger partial charge in [-0.15, -0.1) is 0 Å². The van der Waals surface area contributed by atoms with Crippen molar-refractivity contribution in [3.05, 3.63) is 29.8 Å². The third-order valence-corrected chi connectivity index (χ3v) is 7.55. The number of hydrogen-bond acceptors (Lipinski definition) is 4. The molecule has 6 heteroatoms.